The lowest BCUT2D eigenvalue weighted by atomic mass is 10.1. The number of aryl methyl sites for hydroxylation is 1. The first-order valence-electron chi connectivity index (χ1n) is 6.36. The molecule has 0 aromatic carbocycles. The Balaban J connectivity index is 2.38. The number of hydrazine groups is 1. The number of anilines is 1. The van der Waals surface area contributed by atoms with Crippen molar-refractivity contribution in [2.45, 2.75) is 25.9 Å². The minimum Gasteiger partial charge on any atom is -0.394 e. The molecule has 2 aromatic rings. The molecule has 0 spiro atoms. The molecule has 2 heterocycles. The second kappa shape index (κ2) is 5.31. The van der Waals surface area contributed by atoms with Gasteiger partial charge in [-0.25, -0.2) is 15.8 Å². The molecule has 0 bridgehead atoms. The predicted octanol–water partition coefficient (Wildman–Crippen LogP) is -0.148. The van der Waals surface area contributed by atoms with Crippen LogP contribution in [0.1, 0.15) is 19.7 Å². The maximum atomic E-state index is 9.40. The molecule has 0 fully saturated rings. The van der Waals surface area contributed by atoms with E-state index in [-0.39, 0.29) is 12.1 Å². The van der Waals surface area contributed by atoms with Gasteiger partial charge in [-0.1, -0.05) is 0 Å². The summed E-state index contributed by atoms with van der Waals surface area (Å²) in [6.07, 6.45) is 1.68. The third-order valence-corrected chi connectivity index (χ3v) is 3.57. The highest BCUT2D eigenvalue weighted by Gasteiger charge is 2.23. The van der Waals surface area contributed by atoms with E-state index >= 15 is 0 Å². The fraction of sp³-hybridized carbons (Fsp3) is 0.583. The van der Waals surface area contributed by atoms with E-state index in [1.807, 2.05) is 32.8 Å². The van der Waals surface area contributed by atoms with Gasteiger partial charge in [0.1, 0.15) is 5.82 Å². The van der Waals surface area contributed by atoms with Gasteiger partial charge < -0.3 is 10.5 Å². The zero-order valence-electron chi connectivity index (χ0n) is 12.3. The predicted molar refractivity (Wildman–Crippen MR) is 76.7 cm³/mol. The van der Waals surface area contributed by atoms with E-state index in [0.29, 0.717) is 18.2 Å². The summed E-state index contributed by atoms with van der Waals surface area (Å²) in [7, 11) is 3.74. The topological polar surface area (TPSA) is 105 Å². The van der Waals surface area contributed by atoms with E-state index in [1.165, 1.54) is 0 Å². The molecule has 0 aliphatic carbocycles. The van der Waals surface area contributed by atoms with Crippen molar-refractivity contribution in [3.05, 3.63) is 12.0 Å². The summed E-state index contributed by atoms with van der Waals surface area (Å²) in [6.45, 7) is 4.47. The van der Waals surface area contributed by atoms with Crippen molar-refractivity contribution in [3.8, 4) is 0 Å². The van der Waals surface area contributed by atoms with Crippen molar-refractivity contribution in [2.75, 3.05) is 19.1 Å². The molecule has 0 aliphatic rings. The van der Waals surface area contributed by atoms with Crippen LogP contribution in [0.25, 0.3) is 11.0 Å². The third-order valence-electron chi connectivity index (χ3n) is 3.57. The molecule has 20 heavy (non-hydrogen) atoms. The van der Waals surface area contributed by atoms with E-state index in [9.17, 15) is 5.11 Å². The Labute approximate surface area is 117 Å². The van der Waals surface area contributed by atoms with E-state index in [4.69, 9.17) is 5.84 Å². The minimum atomic E-state index is -0.346. The molecule has 110 valence electrons. The van der Waals surface area contributed by atoms with E-state index < -0.39 is 0 Å². The Kier molecular flexibility index (Phi) is 3.89. The van der Waals surface area contributed by atoms with Gasteiger partial charge in [-0.15, -0.1) is 0 Å². The molecule has 0 aliphatic heterocycles. The lowest BCUT2D eigenvalue weighted by Gasteiger charge is -2.33. The summed E-state index contributed by atoms with van der Waals surface area (Å²) in [5, 5.41) is 14.3. The molecule has 2 aromatic heterocycles. The van der Waals surface area contributed by atoms with E-state index in [1.54, 1.807) is 10.9 Å². The number of aliphatic hydroxyl groups is 1. The molecule has 0 amide bonds. The lowest BCUT2D eigenvalue weighted by molar-refractivity contribution is 0.0715. The summed E-state index contributed by atoms with van der Waals surface area (Å²) in [5.74, 6) is 6.68. The Morgan fingerprint density at radius 2 is 2.15 bits per heavy atom. The second-order valence-electron chi connectivity index (χ2n) is 5.46. The van der Waals surface area contributed by atoms with Gasteiger partial charge in [0.15, 0.2) is 11.5 Å². The Hall–Kier alpha value is -1.77. The van der Waals surface area contributed by atoms with Crippen LogP contribution in [-0.4, -0.2) is 48.9 Å². The zero-order chi connectivity index (χ0) is 14.9. The van der Waals surface area contributed by atoms with Crippen LogP contribution in [0.4, 0.5) is 5.82 Å². The van der Waals surface area contributed by atoms with Gasteiger partial charge in [-0.3, -0.25) is 9.58 Å². The summed E-state index contributed by atoms with van der Waals surface area (Å²) < 4.78 is 1.68. The van der Waals surface area contributed by atoms with Crippen molar-refractivity contribution >= 4 is 16.9 Å². The van der Waals surface area contributed by atoms with Crippen molar-refractivity contribution < 1.29 is 5.11 Å². The van der Waals surface area contributed by atoms with Crippen LogP contribution in [0.15, 0.2) is 6.20 Å². The number of rotatable bonds is 5. The molecular formula is C12H21N7O. The van der Waals surface area contributed by atoms with Crippen molar-refractivity contribution in [2.24, 2.45) is 12.9 Å². The van der Waals surface area contributed by atoms with Gasteiger partial charge in [0.05, 0.1) is 24.7 Å². The van der Waals surface area contributed by atoms with Gasteiger partial charge in [0.2, 0.25) is 0 Å². The SMILES string of the molecule is CN(Cc1nc(NN)c2cnn(C)c2n1)C(C)(C)CO. The first-order chi connectivity index (χ1) is 9.39. The summed E-state index contributed by atoms with van der Waals surface area (Å²) >= 11 is 0. The monoisotopic (exact) mass is 279 g/mol. The minimum absolute atomic E-state index is 0.0550. The molecule has 0 saturated heterocycles. The summed E-state index contributed by atoms with van der Waals surface area (Å²) in [5.41, 5.74) is 2.95. The molecule has 0 atom stereocenters. The highest BCUT2D eigenvalue weighted by atomic mass is 16.3. The molecule has 8 nitrogen and oxygen atoms in total. The number of nitrogens with zero attached hydrogens (tertiary/aromatic N) is 5. The molecule has 0 radical (unpaired) electrons. The summed E-state index contributed by atoms with van der Waals surface area (Å²) in [6, 6.07) is 0. The number of aliphatic hydroxyl groups excluding tert-OH is 1. The van der Waals surface area contributed by atoms with Gasteiger partial charge >= 0.3 is 0 Å². The van der Waals surface area contributed by atoms with Crippen molar-refractivity contribution in [1.29, 1.82) is 0 Å². The fourth-order valence-corrected chi connectivity index (χ4v) is 1.79. The quantitative estimate of drug-likeness (QED) is 0.516. The van der Waals surface area contributed by atoms with Crippen LogP contribution >= 0.6 is 0 Å². The van der Waals surface area contributed by atoms with Gasteiger partial charge in [-0.05, 0) is 20.9 Å². The van der Waals surface area contributed by atoms with Gasteiger partial charge in [-0.2, -0.15) is 5.10 Å². The third kappa shape index (κ3) is 2.58. The summed E-state index contributed by atoms with van der Waals surface area (Å²) in [4.78, 5) is 10.9. The highest BCUT2D eigenvalue weighted by Crippen LogP contribution is 2.20. The standard InChI is InChI=1S/C12H21N7O/c1-12(2,7-20)18(3)6-9-15-10(17-13)8-5-14-19(4)11(8)16-9/h5,20H,6-7,13H2,1-4H3,(H,15,16,17). The molecule has 4 N–H and O–H groups in total. The average molecular weight is 279 g/mol. The van der Waals surface area contributed by atoms with Crippen LogP contribution in [0.2, 0.25) is 0 Å². The van der Waals surface area contributed by atoms with Crippen LogP contribution in [-0.2, 0) is 13.6 Å². The highest BCUT2D eigenvalue weighted by molar-refractivity contribution is 5.86. The van der Waals surface area contributed by atoms with Gasteiger partial charge in [0.25, 0.3) is 0 Å². The van der Waals surface area contributed by atoms with E-state index in [2.05, 4.69) is 20.5 Å². The lowest BCUT2D eigenvalue weighted by Crippen LogP contribution is -2.44. The number of likely N-dealkylation sites (N-methyl/N-ethyl adjacent to an activating group) is 1. The molecule has 0 unspecified atom stereocenters. The Morgan fingerprint density at radius 3 is 2.75 bits per heavy atom. The van der Waals surface area contributed by atoms with Crippen LogP contribution in [0, 0.1) is 0 Å². The normalized spacial score (nSPS) is 12.3. The molecule has 0 saturated carbocycles. The Morgan fingerprint density at radius 1 is 1.45 bits per heavy atom. The van der Waals surface area contributed by atoms with Crippen molar-refractivity contribution in [1.82, 2.24) is 24.6 Å². The largest absolute Gasteiger partial charge is 0.394 e. The maximum Gasteiger partial charge on any atom is 0.163 e. The number of fused-ring (bicyclic) bond motifs is 1. The average Bonchev–Trinajstić information content (AvgIpc) is 2.79. The number of hydrogen-bond acceptors (Lipinski definition) is 7. The number of hydrogen-bond donors (Lipinski definition) is 3. The molecule has 2 rings (SSSR count). The smallest absolute Gasteiger partial charge is 0.163 e. The van der Waals surface area contributed by atoms with Crippen molar-refractivity contribution in [3.63, 3.8) is 0 Å². The van der Waals surface area contributed by atoms with E-state index in [0.717, 1.165) is 11.0 Å². The zero-order valence-corrected chi connectivity index (χ0v) is 12.3. The first kappa shape index (κ1) is 14.6. The first-order valence-corrected chi connectivity index (χ1v) is 6.36. The number of aromatic nitrogens is 4. The number of nitrogen functional groups attached to an aromatic ring is 1. The maximum absolute atomic E-state index is 9.40. The molecule has 8 heteroatoms. The fourth-order valence-electron chi connectivity index (χ4n) is 1.79. The number of nitrogens with two attached hydrogens (primary N) is 1. The van der Waals surface area contributed by atoms with Crippen LogP contribution in [0.3, 0.4) is 0 Å². The van der Waals surface area contributed by atoms with Gasteiger partial charge in [0, 0.05) is 12.6 Å². The number of nitrogens with one attached hydrogen (secondary N) is 1. The van der Waals surface area contributed by atoms with Crippen LogP contribution in [0.5, 0.6) is 0 Å². The molecular weight excluding hydrogens is 258 g/mol. The van der Waals surface area contributed by atoms with Crippen LogP contribution < -0.4 is 11.3 Å². The second-order valence-corrected chi connectivity index (χ2v) is 5.46. The Bertz CT molecular complexity index is 607.